The van der Waals surface area contributed by atoms with Crippen LogP contribution in [0.5, 0.6) is 0 Å². The maximum atomic E-state index is 13.2. The molecule has 0 N–H and O–H groups in total. The molecule has 9 nitrogen and oxygen atoms in total. The smallest absolute Gasteiger partial charge is 0.409 e. The second-order valence-corrected chi connectivity index (χ2v) is 8.64. The van der Waals surface area contributed by atoms with Crippen molar-refractivity contribution < 1.29 is 19.2 Å². The molecule has 0 bridgehead atoms. The maximum Gasteiger partial charge on any atom is 0.409 e. The summed E-state index contributed by atoms with van der Waals surface area (Å²) in [6.07, 6.45) is 0.426. The lowest BCUT2D eigenvalue weighted by Crippen LogP contribution is -2.50. The molecule has 2 aromatic carbocycles. The number of amides is 2. The predicted octanol–water partition coefficient (Wildman–Crippen LogP) is 4.73. The fourth-order valence-corrected chi connectivity index (χ4v) is 4.26. The first-order valence-electron chi connectivity index (χ1n) is 11.7. The Bertz CT molecular complexity index is 1300. The highest BCUT2D eigenvalue weighted by atomic mass is 16.6. The lowest BCUT2D eigenvalue weighted by atomic mass is 9.97. The monoisotopic (exact) mass is 476 g/mol. The Morgan fingerprint density at radius 2 is 1.74 bits per heavy atom. The fourth-order valence-electron chi connectivity index (χ4n) is 4.26. The Kier molecular flexibility index (Phi) is 6.95. The summed E-state index contributed by atoms with van der Waals surface area (Å²) in [6, 6.07) is 11.9. The second kappa shape index (κ2) is 10.1. The number of hydrogen-bond donors (Lipinski definition) is 0. The number of benzene rings is 2. The standard InChI is InChI=1S/C26H28N4O5/c1-4-14-35-26(32)29-12-10-28(11-13-29)25(31)20-8-9-22-17(2)18(3)24(27-23(22)16-20)19-6-5-7-21(15-19)30(33)34/h5-9,15-16H,4,10-14H2,1-3H3. The fraction of sp³-hybridized carbons (Fsp3) is 0.346. The summed E-state index contributed by atoms with van der Waals surface area (Å²) in [5, 5.41) is 12.2. The Balaban J connectivity index is 1.59. The van der Waals surface area contributed by atoms with E-state index in [-0.39, 0.29) is 17.7 Å². The van der Waals surface area contributed by atoms with Crippen LogP contribution in [-0.4, -0.2) is 64.5 Å². The zero-order chi connectivity index (χ0) is 25.1. The van der Waals surface area contributed by atoms with E-state index >= 15 is 0 Å². The topological polar surface area (TPSA) is 106 Å². The van der Waals surface area contributed by atoms with Crippen LogP contribution in [0, 0.1) is 24.0 Å². The number of piperazine rings is 1. The number of aryl methyl sites for hydroxylation is 1. The number of aromatic nitrogens is 1. The molecule has 2 amide bonds. The number of carbonyl (C=O) groups excluding carboxylic acids is 2. The van der Waals surface area contributed by atoms with E-state index in [1.807, 2.05) is 26.8 Å². The van der Waals surface area contributed by atoms with Gasteiger partial charge in [0.1, 0.15) is 0 Å². The van der Waals surface area contributed by atoms with Crippen molar-refractivity contribution in [3.8, 4) is 11.3 Å². The molecule has 35 heavy (non-hydrogen) atoms. The largest absolute Gasteiger partial charge is 0.449 e. The third kappa shape index (κ3) is 4.94. The zero-order valence-electron chi connectivity index (χ0n) is 20.1. The number of pyridine rings is 1. The summed E-state index contributed by atoms with van der Waals surface area (Å²) >= 11 is 0. The first-order chi connectivity index (χ1) is 16.8. The quantitative estimate of drug-likeness (QED) is 0.389. The minimum absolute atomic E-state index is 0.00287. The van der Waals surface area contributed by atoms with Gasteiger partial charge in [-0.3, -0.25) is 14.9 Å². The molecule has 1 saturated heterocycles. The van der Waals surface area contributed by atoms with Gasteiger partial charge in [-0.25, -0.2) is 9.78 Å². The van der Waals surface area contributed by atoms with Crippen molar-refractivity contribution in [3.05, 3.63) is 69.3 Å². The molecule has 0 spiro atoms. The van der Waals surface area contributed by atoms with Crippen LogP contribution in [-0.2, 0) is 4.74 Å². The Labute approximate surface area is 203 Å². The van der Waals surface area contributed by atoms with Gasteiger partial charge in [0.2, 0.25) is 0 Å². The highest BCUT2D eigenvalue weighted by molar-refractivity contribution is 5.99. The third-order valence-electron chi connectivity index (χ3n) is 6.38. The number of carbonyl (C=O) groups is 2. The number of nitro groups is 1. The average molecular weight is 477 g/mol. The number of rotatable bonds is 5. The van der Waals surface area contributed by atoms with Gasteiger partial charge in [-0.15, -0.1) is 0 Å². The number of hydrogen-bond acceptors (Lipinski definition) is 6. The van der Waals surface area contributed by atoms with Crippen molar-refractivity contribution in [2.75, 3.05) is 32.8 Å². The molecule has 1 fully saturated rings. The van der Waals surface area contributed by atoms with E-state index in [0.29, 0.717) is 55.1 Å². The molecule has 1 aromatic heterocycles. The molecular weight excluding hydrogens is 448 g/mol. The van der Waals surface area contributed by atoms with Crippen LogP contribution in [0.3, 0.4) is 0 Å². The van der Waals surface area contributed by atoms with Crippen molar-refractivity contribution in [2.24, 2.45) is 0 Å². The summed E-state index contributed by atoms with van der Waals surface area (Å²) in [7, 11) is 0. The number of non-ortho nitro benzene ring substituents is 1. The lowest BCUT2D eigenvalue weighted by molar-refractivity contribution is -0.384. The summed E-state index contributed by atoms with van der Waals surface area (Å²) in [5.74, 6) is -0.120. The molecule has 0 atom stereocenters. The molecule has 1 aliphatic rings. The van der Waals surface area contributed by atoms with E-state index in [9.17, 15) is 19.7 Å². The minimum atomic E-state index is -0.424. The normalized spacial score (nSPS) is 13.7. The highest BCUT2D eigenvalue weighted by Crippen LogP contribution is 2.31. The van der Waals surface area contributed by atoms with Crippen LogP contribution < -0.4 is 0 Å². The Hall–Kier alpha value is -4.01. The SMILES string of the molecule is CCCOC(=O)N1CCN(C(=O)c2ccc3c(C)c(C)c(-c4cccc([N+](=O)[O-])c4)nc3c2)CC1. The van der Waals surface area contributed by atoms with Crippen LogP contribution in [0.1, 0.15) is 34.8 Å². The van der Waals surface area contributed by atoms with Gasteiger partial charge in [0, 0.05) is 54.8 Å². The first kappa shape index (κ1) is 24.1. The molecular formula is C26H28N4O5. The van der Waals surface area contributed by atoms with Gasteiger partial charge in [0.25, 0.3) is 11.6 Å². The Morgan fingerprint density at radius 1 is 1.03 bits per heavy atom. The predicted molar refractivity (Wildman–Crippen MR) is 132 cm³/mol. The molecule has 3 aromatic rings. The van der Waals surface area contributed by atoms with Crippen molar-refractivity contribution >= 4 is 28.6 Å². The van der Waals surface area contributed by atoms with Gasteiger partial charge in [0.15, 0.2) is 0 Å². The lowest BCUT2D eigenvalue weighted by Gasteiger charge is -2.34. The van der Waals surface area contributed by atoms with Gasteiger partial charge in [-0.2, -0.15) is 0 Å². The van der Waals surface area contributed by atoms with Crippen molar-refractivity contribution in [1.29, 1.82) is 0 Å². The van der Waals surface area contributed by atoms with E-state index in [0.717, 1.165) is 22.9 Å². The highest BCUT2D eigenvalue weighted by Gasteiger charge is 2.26. The first-order valence-corrected chi connectivity index (χ1v) is 11.7. The molecule has 4 rings (SSSR count). The molecule has 2 heterocycles. The van der Waals surface area contributed by atoms with Crippen molar-refractivity contribution in [2.45, 2.75) is 27.2 Å². The van der Waals surface area contributed by atoms with Crippen molar-refractivity contribution in [1.82, 2.24) is 14.8 Å². The minimum Gasteiger partial charge on any atom is -0.449 e. The van der Waals surface area contributed by atoms with Gasteiger partial charge in [0.05, 0.1) is 22.7 Å². The van der Waals surface area contributed by atoms with Gasteiger partial charge < -0.3 is 14.5 Å². The van der Waals surface area contributed by atoms with Crippen LogP contribution in [0.15, 0.2) is 42.5 Å². The summed E-state index contributed by atoms with van der Waals surface area (Å²) in [6.45, 7) is 7.97. The Morgan fingerprint density at radius 3 is 2.43 bits per heavy atom. The average Bonchev–Trinajstić information content (AvgIpc) is 2.88. The summed E-state index contributed by atoms with van der Waals surface area (Å²) < 4.78 is 5.19. The van der Waals surface area contributed by atoms with Crippen LogP contribution in [0.4, 0.5) is 10.5 Å². The zero-order valence-corrected chi connectivity index (χ0v) is 20.1. The molecule has 182 valence electrons. The third-order valence-corrected chi connectivity index (χ3v) is 6.38. The molecule has 0 unspecified atom stereocenters. The van der Waals surface area contributed by atoms with E-state index in [1.165, 1.54) is 12.1 Å². The number of fused-ring (bicyclic) bond motifs is 1. The van der Waals surface area contributed by atoms with E-state index in [2.05, 4.69) is 0 Å². The van der Waals surface area contributed by atoms with Gasteiger partial charge >= 0.3 is 6.09 Å². The summed E-state index contributed by atoms with van der Waals surface area (Å²) in [5.41, 5.74) is 4.43. The van der Waals surface area contributed by atoms with Crippen LogP contribution in [0.25, 0.3) is 22.2 Å². The van der Waals surface area contributed by atoms with E-state index < -0.39 is 4.92 Å². The molecule has 9 heteroatoms. The molecule has 1 aliphatic heterocycles. The second-order valence-electron chi connectivity index (χ2n) is 8.64. The molecule has 0 radical (unpaired) electrons. The summed E-state index contributed by atoms with van der Waals surface area (Å²) in [4.78, 5) is 44.2. The van der Waals surface area contributed by atoms with E-state index in [1.54, 1.807) is 34.1 Å². The van der Waals surface area contributed by atoms with Crippen molar-refractivity contribution in [3.63, 3.8) is 0 Å². The van der Waals surface area contributed by atoms with Gasteiger partial charge in [-0.1, -0.05) is 25.1 Å². The number of nitro benzene ring substituents is 1. The number of ether oxygens (including phenoxy) is 1. The van der Waals surface area contributed by atoms with Crippen LogP contribution >= 0.6 is 0 Å². The number of nitrogens with zero attached hydrogens (tertiary/aromatic N) is 4. The van der Waals surface area contributed by atoms with E-state index in [4.69, 9.17) is 9.72 Å². The maximum absolute atomic E-state index is 13.2. The molecule has 0 aliphatic carbocycles. The van der Waals surface area contributed by atoms with Gasteiger partial charge in [-0.05, 0) is 43.5 Å². The molecule has 0 saturated carbocycles. The van der Waals surface area contributed by atoms with Crippen LogP contribution in [0.2, 0.25) is 0 Å².